The lowest BCUT2D eigenvalue weighted by molar-refractivity contribution is 0.0657. The van der Waals surface area contributed by atoms with Crippen molar-refractivity contribution in [3.63, 3.8) is 0 Å². The maximum Gasteiger partial charge on any atom is 0.0750 e. The highest BCUT2D eigenvalue weighted by molar-refractivity contribution is 6.62. The van der Waals surface area contributed by atoms with Crippen molar-refractivity contribution < 1.29 is 10.2 Å². The smallest absolute Gasteiger partial charge is 0.0750 e. The third-order valence-corrected chi connectivity index (χ3v) is 7.40. The van der Waals surface area contributed by atoms with E-state index in [4.69, 9.17) is 0 Å². The zero-order valence-electron chi connectivity index (χ0n) is 8.79. The Morgan fingerprint density at radius 1 is 1.31 bits per heavy atom. The second-order valence-corrected chi connectivity index (χ2v) is 8.54. The van der Waals surface area contributed by atoms with Crippen LogP contribution in [0.25, 0.3) is 0 Å². The maximum atomic E-state index is 10.2. The molecule has 1 fully saturated rings. The number of aliphatic hydroxyl groups excluding tert-OH is 1. The van der Waals surface area contributed by atoms with Crippen molar-refractivity contribution in [1.82, 2.24) is 0 Å². The molecule has 2 N–H and O–H groups in total. The van der Waals surface area contributed by atoms with Gasteiger partial charge in [0.05, 0.1) is 20.1 Å². The molecule has 0 aromatic rings. The molecule has 13 heavy (non-hydrogen) atoms. The van der Waals surface area contributed by atoms with Crippen LogP contribution in [0.5, 0.6) is 0 Å². The first-order valence-corrected chi connectivity index (χ1v) is 7.64. The number of rotatable bonds is 3. The van der Waals surface area contributed by atoms with E-state index in [2.05, 4.69) is 0 Å². The van der Waals surface area contributed by atoms with Crippen molar-refractivity contribution in [2.24, 2.45) is 0 Å². The average Bonchev–Trinajstić information content (AvgIpc) is 2.04. The summed E-state index contributed by atoms with van der Waals surface area (Å²) in [6, 6.07) is 2.53. The Bertz CT molecular complexity index is 151. The van der Waals surface area contributed by atoms with Crippen LogP contribution < -0.4 is 0 Å². The third kappa shape index (κ3) is 3.41. The van der Waals surface area contributed by atoms with Gasteiger partial charge in [0.15, 0.2) is 0 Å². The third-order valence-electron chi connectivity index (χ3n) is 3.19. The predicted octanol–water partition coefficient (Wildman–Crippen LogP) is 1.46. The molecular formula is C10H22O2Si. The molecule has 3 heteroatoms. The van der Waals surface area contributed by atoms with E-state index in [1.807, 2.05) is 6.92 Å². The Hall–Kier alpha value is 0.137. The van der Waals surface area contributed by atoms with Gasteiger partial charge in [-0.3, -0.25) is 0 Å². The molecule has 1 aliphatic rings. The van der Waals surface area contributed by atoms with E-state index in [1.54, 1.807) is 6.92 Å². The minimum atomic E-state index is -0.996. The molecular weight excluding hydrogens is 180 g/mol. The van der Waals surface area contributed by atoms with Crippen molar-refractivity contribution in [2.75, 3.05) is 0 Å². The molecule has 1 rings (SSSR count). The van der Waals surface area contributed by atoms with Crippen molar-refractivity contribution in [1.29, 1.82) is 0 Å². The number of hydrogen-bond acceptors (Lipinski definition) is 2. The summed E-state index contributed by atoms with van der Waals surface area (Å²) < 4.78 is 0. The largest absolute Gasteiger partial charge is 0.394 e. The van der Waals surface area contributed by atoms with Crippen LogP contribution >= 0.6 is 0 Å². The normalized spacial score (nSPS) is 26.8. The Balaban J connectivity index is 2.45. The van der Waals surface area contributed by atoms with Gasteiger partial charge in [0.1, 0.15) is 0 Å². The van der Waals surface area contributed by atoms with Crippen molar-refractivity contribution >= 4 is 8.80 Å². The van der Waals surface area contributed by atoms with E-state index in [0.717, 1.165) is 0 Å². The van der Waals surface area contributed by atoms with Crippen LogP contribution in [0.4, 0.5) is 0 Å². The van der Waals surface area contributed by atoms with E-state index < -0.39 is 14.0 Å². The molecule has 0 saturated carbocycles. The van der Waals surface area contributed by atoms with E-state index in [-0.39, 0.29) is 6.10 Å². The molecule has 2 unspecified atom stereocenters. The van der Waals surface area contributed by atoms with Crippen LogP contribution in [0.15, 0.2) is 0 Å². The Morgan fingerprint density at radius 2 is 1.85 bits per heavy atom. The number of aliphatic hydroxyl groups is 2. The zero-order chi connectivity index (χ0) is 9.90. The molecule has 2 atom stereocenters. The summed E-state index contributed by atoms with van der Waals surface area (Å²) in [7, 11) is -0.996. The summed E-state index contributed by atoms with van der Waals surface area (Å²) in [5.74, 6) is 0. The van der Waals surface area contributed by atoms with Gasteiger partial charge in [0.2, 0.25) is 0 Å². The average molecular weight is 202 g/mol. The first kappa shape index (κ1) is 11.2. The fourth-order valence-electron chi connectivity index (χ4n) is 2.49. The lowest BCUT2D eigenvalue weighted by Gasteiger charge is -2.35. The summed E-state index contributed by atoms with van der Waals surface area (Å²) in [5.41, 5.74) is 0. The van der Waals surface area contributed by atoms with Crippen LogP contribution in [0.2, 0.25) is 12.1 Å². The second-order valence-electron chi connectivity index (χ2n) is 4.75. The van der Waals surface area contributed by atoms with Gasteiger partial charge in [-0.05, 0) is 20.3 Å². The Labute approximate surface area is 82.6 Å². The van der Waals surface area contributed by atoms with Gasteiger partial charge in [-0.1, -0.05) is 31.4 Å². The highest BCUT2D eigenvalue weighted by Crippen LogP contribution is 2.29. The molecule has 78 valence electrons. The Kier molecular flexibility index (Phi) is 3.95. The second kappa shape index (κ2) is 4.58. The number of hydrogen-bond donors (Lipinski definition) is 2. The predicted molar refractivity (Wildman–Crippen MR) is 57.5 cm³/mol. The summed E-state index contributed by atoms with van der Waals surface area (Å²) in [6.07, 6.45) is 4.15. The lowest BCUT2D eigenvalue weighted by Crippen LogP contribution is -2.46. The maximum absolute atomic E-state index is 10.2. The molecule has 1 heterocycles. The zero-order valence-corrected chi connectivity index (χ0v) is 9.95. The molecule has 0 bridgehead atoms. The monoisotopic (exact) mass is 202 g/mol. The van der Waals surface area contributed by atoms with Crippen LogP contribution in [0, 0.1) is 0 Å². The minimum Gasteiger partial charge on any atom is -0.394 e. The van der Waals surface area contributed by atoms with Crippen LogP contribution in [-0.2, 0) is 0 Å². The van der Waals surface area contributed by atoms with E-state index in [1.165, 1.54) is 31.4 Å². The van der Waals surface area contributed by atoms with Crippen molar-refractivity contribution in [2.45, 2.75) is 62.9 Å². The first-order chi connectivity index (χ1) is 6.02. The van der Waals surface area contributed by atoms with Gasteiger partial charge in [0.25, 0.3) is 0 Å². The van der Waals surface area contributed by atoms with Crippen molar-refractivity contribution in [3.8, 4) is 0 Å². The van der Waals surface area contributed by atoms with Gasteiger partial charge in [-0.2, -0.15) is 0 Å². The molecule has 0 aromatic heterocycles. The van der Waals surface area contributed by atoms with E-state index in [0.29, 0.717) is 6.42 Å². The lowest BCUT2D eigenvalue weighted by atomic mass is 10.2. The SMILES string of the molecule is CC(O)CC(C)(O)[SiH]1CCCCC1. The molecule has 1 saturated heterocycles. The highest BCUT2D eigenvalue weighted by atomic mass is 28.3. The van der Waals surface area contributed by atoms with E-state index in [9.17, 15) is 10.2 Å². The standard InChI is InChI=1S/C10H22O2Si/c1-9(11)8-10(2,12)13-6-4-3-5-7-13/h9,11-13H,3-8H2,1-2H3. The minimum absolute atomic E-state index is 0.357. The van der Waals surface area contributed by atoms with Gasteiger partial charge in [-0.25, -0.2) is 0 Å². The van der Waals surface area contributed by atoms with Crippen LogP contribution in [0.1, 0.15) is 39.5 Å². The molecule has 2 nitrogen and oxygen atoms in total. The molecule has 0 spiro atoms. The summed E-state index contributed by atoms with van der Waals surface area (Å²) in [5, 5.41) is 19.0. The molecule has 0 amide bonds. The molecule has 0 aliphatic carbocycles. The first-order valence-electron chi connectivity index (χ1n) is 5.43. The Morgan fingerprint density at radius 3 is 2.31 bits per heavy atom. The van der Waals surface area contributed by atoms with Gasteiger partial charge >= 0.3 is 0 Å². The molecule has 0 radical (unpaired) electrons. The summed E-state index contributed by atoms with van der Waals surface area (Å²) >= 11 is 0. The quantitative estimate of drug-likeness (QED) is 0.680. The van der Waals surface area contributed by atoms with E-state index >= 15 is 0 Å². The summed E-state index contributed by atoms with van der Waals surface area (Å²) in [6.45, 7) is 3.70. The highest BCUT2D eigenvalue weighted by Gasteiger charge is 2.34. The van der Waals surface area contributed by atoms with Gasteiger partial charge in [0, 0.05) is 0 Å². The van der Waals surface area contributed by atoms with Crippen LogP contribution in [-0.4, -0.2) is 30.3 Å². The van der Waals surface area contributed by atoms with Gasteiger partial charge in [-0.15, -0.1) is 0 Å². The topological polar surface area (TPSA) is 40.5 Å². The molecule has 0 aromatic carbocycles. The summed E-state index contributed by atoms with van der Waals surface area (Å²) in [4.78, 5) is 0. The van der Waals surface area contributed by atoms with Gasteiger partial charge < -0.3 is 10.2 Å². The van der Waals surface area contributed by atoms with Crippen LogP contribution in [0.3, 0.4) is 0 Å². The van der Waals surface area contributed by atoms with Crippen molar-refractivity contribution in [3.05, 3.63) is 0 Å². The fourth-order valence-corrected chi connectivity index (χ4v) is 6.26. The molecule has 1 aliphatic heterocycles. The fraction of sp³-hybridized carbons (Fsp3) is 1.00.